The van der Waals surface area contributed by atoms with E-state index in [0.717, 1.165) is 12.8 Å². The van der Waals surface area contributed by atoms with E-state index in [2.05, 4.69) is 10.3 Å². The van der Waals surface area contributed by atoms with Crippen molar-refractivity contribution in [2.45, 2.75) is 30.3 Å². The Balaban J connectivity index is 2.07. The molecular weight excluding hydrogens is 264 g/mol. The summed E-state index contributed by atoms with van der Waals surface area (Å²) in [6, 6.07) is 2.52. The average Bonchev–Trinajstić information content (AvgIpc) is 3.21. The van der Waals surface area contributed by atoms with Gasteiger partial charge in [-0.25, -0.2) is 9.78 Å². The summed E-state index contributed by atoms with van der Waals surface area (Å²) in [6.07, 6.45) is 6.07. The number of thioether (sulfide) groups is 1. The Hall–Kier alpha value is -1.56. The molecule has 1 aromatic heterocycles. The first-order chi connectivity index (χ1) is 9.11. The van der Waals surface area contributed by atoms with Gasteiger partial charge in [-0.15, -0.1) is 11.8 Å². The second kappa shape index (κ2) is 6.06. The molecule has 1 amide bonds. The van der Waals surface area contributed by atoms with Crippen molar-refractivity contribution in [2.24, 2.45) is 5.92 Å². The Bertz CT molecular complexity index is 489. The van der Waals surface area contributed by atoms with Gasteiger partial charge in [0.1, 0.15) is 11.1 Å². The van der Waals surface area contributed by atoms with Crippen LogP contribution in [0.15, 0.2) is 23.4 Å². The first-order valence-electron chi connectivity index (χ1n) is 6.14. The quantitative estimate of drug-likeness (QED) is 0.777. The number of nitrogens with one attached hydrogen (secondary N) is 1. The van der Waals surface area contributed by atoms with Gasteiger partial charge >= 0.3 is 5.97 Å². The summed E-state index contributed by atoms with van der Waals surface area (Å²) in [7, 11) is 0. The van der Waals surface area contributed by atoms with Gasteiger partial charge in [-0.05, 0) is 30.7 Å². The lowest BCUT2D eigenvalue weighted by atomic mass is 10.1. The van der Waals surface area contributed by atoms with E-state index in [1.54, 1.807) is 18.3 Å². The van der Waals surface area contributed by atoms with Crippen LogP contribution in [0, 0.1) is 5.92 Å². The molecular formula is C13H16N2O3S. The van der Waals surface area contributed by atoms with Crippen molar-refractivity contribution < 1.29 is 14.7 Å². The summed E-state index contributed by atoms with van der Waals surface area (Å²) in [5.74, 6) is -0.907. The molecule has 1 aliphatic carbocycles. The van der Waals surface area contributed by atoms with Gasteiger partial charge in [-0.2, -0.15) is 0 Å². The van der Waals surface area contributed by atoms with E-state index in [0.29, 0.717) is 22.9 Å². The van der Waals surface area contributed by atoms with Crippen LogP contribution in [0.5, 0.6) is 0 Å². The Morgan fingerprint density at radius 3 is 2.89 bits per heavy atom. The minimum absolute atomic E-state index is 0.370. The van der Waals surface area contributed by atoms with Gasteiger partial charge in [0.25, 0.3) is 5.91 Å². The summed E-state index contributed by atoms with van der Waals surface area (Å²) in [5, 5.41) is 12.3. The number of amides is 1. The molecule has 1 aliphatic rings. The number of carboxylic acid groups (broad SMARTS) is 1. The van der Waals surface area contributed by atoms with Gasteiger partial charge in [-0.3, -0.25) is 4.79 Å². The normalized spacial score (nSPS) is 15.8. The maximum absolute atomic E-state index is 12.1. The fraction of sp³-hybridized carbons (Fsp3) is 0.462. The van der Waals surface area contributed by atoms with E-state index < -0.39 is 12.0 Å². The molecule has 5 nitrogen and oxygen atoms in total. The minimum Gasteiger partial charge on any atom is -0.480 e. The summed E-state index contributed by atoms with van der Waals surface area (Å²) in [5.41, 5.74) is 0.428. The third-order valence-corrected chi connectivity index (χ3v) is 3.79. The van der Waals surface area contributed by atoms with Crippen LogP contribution in [0.1, 0.15) is 29.6 Å². The monoisotopic (exact) mass is 280 g/mol. The molecule has 1 heterocycles. The van der Waals surface area contributed by atoms with Crippen LogP contribution < -0.4 is 5.32 Å². The van der Waals surface area contributed by atoms with Crippen molar-refractivity contribution in [3.05, 3.63) is 23.9 Å². The van der Waals surface area contributed by atoms with Gasteiger partial charge in [0, 0.05) is 6.20 Å². The summed E-state index contributed by atoms with van der Waals surface area (Å²) >= 11 is 1.37. The lowest BCUT2D eigenvalue weighted by molar-refractivity contribution is -0.139. The number of hydrogen-bond acceptors (Lipinski definition) is 4. The van der Waals surface area contributed by atoms with Crippen LogP contribution in [0.25, 0.3) is 0 Å². The molecule has 2 rings (SSSR count). The molecule has 2 N–H and O–H groups in total. The fourth-order valence-electron chi connectivity index (χ4n) is 1.87. The Morgan fingerprint density at radius 2 is 2.32 bits per heavy atom. The maximum atomic E-state index is 12.1. The first-order valence-corrected chi connectivity index (χ1v) is 7.37. The second-order valence-corrected chi connectivity index (χ2v) is 5.40. The molecule has 1 atom stereocenters. The molecule has 102 valence electrons. The standard InChI is InChI=1S/C13H16N2O3S/c1-19-12-9(3-2-6-14-12)11(16)15-10(13(17)18)7-8-4-5-8/h2-3,6,8,10H,4-5,7H2,1H3,(H,15,16)(H,17,18)/t10-/m0/s1. The van der Waals surface area contributed by atoms with Crippen LogP contribution in [0.4, 0.5) is 0 Å². The van der Waals surface area contributed by atoms with Crippen molar-refractivity contribution >= 4 is 23.6 Å². The highest BCUT2D eigenvalue weighted by atomic mass is 32.2. The van der Waals surface area contributed by atoms with Crippen LogP contribution in [-0.4, -0.2) is 34.3 Å². The van der Waals surface area contributed by atoms with Crippen LogP contribution >= 0.6 is 11.8 Å². The Kier molecular flexibility index (Phi) is 4.42. The molecule has 0 bridgehead atoms. The molecule has 1 fully saturated rings. The van der Waals surface area contributed by atoms with E-state index >= 15 is 0 Å². The second-order valence-electron chi connectivity index (χ2n) is 4.60. The van der Waals surface area contributed by atoms with Crippen LogP contribution in [0.2, 0.25) is 0 Å². The molecule has 0 radical (unpaired) electrons. The number of carboxylic acids is 1. The molecule has 0 unspecified atom stereocenters. The molecule has 0 saturated heterocycles. The lowest BCUT2D eigenvalue weighted by Crippen LogP contribution is -2.41. The van der Waals surface area contributed by atoms with Crippen molar-refractivity contribution in [1.29, 1.82) is 0 Å². The number of rotatable bonds is 6. The third-order valence-electron chi connectivity index (χ3n) is 3.08. The van der Waals surface area contributed by atoms with E-state index in [-0.39, 0.29) is 5.91 Å². The van der Waals surface area contributed by atoms with Crippen molar-refractivity contribution in [3.8, 4) is 0 Å². The van der Waals surface area contributed by atoms with Crippen molar-refractivity contribution in [1.82, 2.24) is 10.3 Å². The largest absolute Gasteiger partial charge is 0.480 e. The maximum Gasteiger partial charge on any atom is 0.326 e. The molecule has 1 aromatic rings. The number of hydrogen-bond donors (Lipinski definition) is 2. The molecule has 19 heavy (non-hydrogen) atoms. The minimum atomic E-state index is -0.977. The van der Waals surface area contributed by atoms with Gasteiger partial charge < -0.3 is 10.4 Å². The number of aromatic nitrogens is 1. The highest BCUT2D eigenvalue weighted by Gasteiger charge is 2.30. The highest BCUT2D eigenvalue weighted by Crippen LogP contribution is 2.33. The lowest BCUT2D eigenvalue weighted by Gasteiger charge is -2.14. The number of nitrogens with zero attached hydrogens (tertiary/aromatic N) is 1. The molecule has 0 aliphatic heterocycles. The van der Waals surface area contributed by atoms with E-state index in [1.807, 2.05) is 6.26 Å². The smallest absolute Gasteiger partial charge is 0.326 e. The van der Waals surface area contributed by atoms with Gasteiger partial charge in [0.05, 0.1) is 5.56 Å². The van der Waals surface area contributed by atoms with Crippen LogP contribution in [-0.2, 0) is 4.79 Å². The molecule has 1 saturated carbocycles. The number of carbonyl (C=O) groups excluding carboxylic acids is 1. The van der Waals surface area contributed by atoms with Crippen LogP contribution in [0.3, 0.4) is 0 Å². The van der Waals surface area contributed by atoms with E-state index in [9.17, 15) is 9.59 Å². The number of aliphatic carboxylic acids is 1. The molecule has 6 heteroatoms. The predicted octanol–water partition coefficient (Wildman–Crippen LogP) is 1.79. The third kappa shape index (κ3) is 3.70. The predicted molar refractivity (Wildman–Crippen MR) is 72.2 cm³/mol. The summed E-state index contributed by atoms with van der Waals surface area (Å²) < 4.78 is 0. The summed E-state index contributed by atoms with van der Waals surface area (Å²) in [4.78, 5) is 27.4. The number of carbonyl (C=O) groups is 2. The molecule has 0 spiro atoms. The summed E-state index contributed by atoms with van der Waals surface area (Å²) in [6.45, 7) is 0. The van der Waals surface area contributed by atoms with E-state index in [1.165, 1.54) is 11.8 Å². The zero-order chi connectivity index (χ0) is 13.8. The van der Waals surface area contributed by atoms with Crippen molar-refractivity contribution in [2.75, 3.05) is 6.26 Å². The zero-order valence-corrected chi connectivity index (χ0v) is 11.4. The highest BCUT2D eigenvalue weighted by molar-refractivity contribution is 7.98. The fourth-order valence-corrected chi connectivity index (χ4v) is 2.42. The first kappa shape index (κ1) is 13.9. The van der Waals surface area contributed by atoms with Gasteiger partial charge in [0.15, 0.2) is 0 Å². The number of pyridine rings is 1. The van der Waals surface area contributed by atoms with Gasteiger partial charge in [-0.1, -0.05) is 12.8 Å². The topological polar surface area (TPSA) is 79.3 Å². The SMILES string of the molecule is CSc1ncccc1C(=O)N[C@@H](CC1CC1)C(=O)O. The van der Waals surface area contributed by atoms with E-state index in [4.69, 9.17) is 5.11 Å². The zero-order valence-electron chi connectivity index (χ0n) is 10.6. The molecule has 0 aromatic carbocycles. The van der Waals surface area contributed by atoms with Gasteiger partial charge in [0.2, 0.25) is 0 Å². The Labute approximate surface area is 115 Å². The average molecular weight is 280 g/mol. The Morgan fingerprint density at radius 1 is 1.58 bits per heavy atom. The van der Waals surface area contributed by atoms with Crippen molar-refractivity contribution in [3.63, 3.8) is 0 Å².